The van der Waals surface area contributed by atoms with Crippen LogP contribution in [-0.4, -0.2) is 63.3 Å². The van der Waals surface area contributed by atoms with Crippen LogP contribution in [0.3, 0.4) is 0 Å². The van der Waals surface area contributed by atoms with E-state index < -0.39 is 10.0 Å². The average molecular weight is 382 g/mol. The molecule has 1 aliphatic heterocycles. The first-order valence-corrected chi connectivity index (χ1v) is 10.7. The summed E-state index contributed by atoms with van der Waals surface area (Å²) in [5.41, 5.74) is 1.87. The first-order chi connectivity index (χ1) is 12.2. The molecule has 1 N–H and O–H groups in total. The number of hydrogen-bond acceptors (Lipinski definition) is 4. The predicted octanol–water partition coefficient (Wildman–Crippen LogP) is 2.16. The monoisotopic (exact) mass is 381 g/mol. The summed E-state index contributed by atoms with van der Waals surface area (Å²) in [6, 6.07) is 3.58. The molecular weight excluding hydrogens is 350 g/mol. The van der Waals surface area contributed by atoms with Crippen molar-refractivity contribution in [2.75, 3.05) is 33.7 Å². The van der Waals surface area contributed by atoms with Crippen LogP contribution in [0.2, 0.25) is 0 Å². The molecule has 0 aliphatic carbocycles. The molecule has 146 valence electrons. The number of benzene rings is 1. The van der Waals surface area contributed by atoms with Crippen molar-refractivity contribution < 1.29 is 13.2 Å². The van der Waals surface area contributed by atoms with Crippen molar-refractivity contribution in [1.82, 2.24) is 14.5 Å². The highest BCUT2D eigenvalue weighted by molar-refractivity contribution is 7.89. The molecule has 0 radical (unpaired) electrons. The van der Waals surface area contributed by atoms with Gasteiger partial charge in [0, 0.05) is 32.2 Å². The molecule has 1 amide bonds. The third kappa shape index (κ3) is 4.45. The van der Waals surface area contributed by atoms with Gasteiger partial charge in [-0.05, 0) is 69.5 Å². The molecule has 6 nitrogen and oxygen atoms in total. The van der Waals surface area contributed by atoms with E-state index in [1.165, 1.54) is 37.3 Å². The Labute approximate surface area is 157 Å². The Morgan fingerprint density at radius 1 is 1.23 bits per heavy atom. The van der Waals surface area contributed by atoms with Crippen LogP contribution < -0.4 is 5.32 Å². The zero-order chi connectivity index (χ0) is 19.5. The molecule has 1 heterocycles. The van der Waals surface area contributed by atoms with Gasteiger partial charge in [0.2, 0.25) is 10.0 Å². The van der Waals surface area contributed by atoms with Gasteiger partial charge >= 0.3 is 0 Å². The van der Waals surface area contributed by atoms with E-state index in [0.717, 1.165) is 25.1 Å². The van der Waals surface area contributed by atoms with E-state index in [2.05, 4.69) is 17.1 Å². The lowest BCUT2D eigenvalue weighted by Crippen LogP contribution is -2.42. The maximum atomic E-state index is 12.7. The maximum Gasteiger partial charge on any atom is 0.251 e. The summed E-state index contributed by atoms with van der Waals surface area (Å²) in [5.74, 6) is -0.221. The molecule has 1 saturated heterocycles. The third-order valence-corrected chi connectivity index (χ3v) is 7.21. The summed E-state index contributed by atoms with van der Waals surface area (Å²) in [4.78, 5) is 15.3. The van der Waals surface area contributed by atoms with Crippen LogP contribution in [0.15, 0.2) is 17.0 Å². The van der Waals surface area contributed by atoms with Crippen LogP contribution in [0.4, 0.5) is 0 Å². The molecule has 26 heavy (non-hydrogen) atoms. The van der Waals surface area contributed by atoms with Crippen LogP contribution in [-0.2, 0) is 10.0 Å². The van der Waals surface area contributed by atoms with Crippen molar-refractivity contribution in [3.63, 3.8) is 0 Å². The fourth-order valence-electron chi connectivity index (χ4n) is 3.37. The average Bonchev–Trinajstić information content (AvgIpc) is 3.11. The van der Waals surface area contributed by atoms with Crippen molar-refractivity contribution in [2.24, 2.45) is 0 Å². The lowest BCUT2D eigenvalue weighted by atomic mass is 10.1. The Kier molecular flexibility index (Phi) is 6.82. The van der Waals surface area contributed by atoms with Gasteiger partial charge in [-0.3, -0.25) is 9.69 Å². The minimum atomic E-state index is -3.59. The SMILES string of the molecule is CCC(CNC(=O)c1cc(C)c(C)c(S(=O)(=O)N(C)C)c1)N1CCCC1. The predicted molar refractivity (Wildman–Crippen MR) is 104 cm³/mol. The highest BCUT2D eigenvalue weighted by atomic mass is 32.2. The van der Waals surface area contributed by atoms with Crippen LogP contribution in [0.25, 0.3) is 0 Å². The lowest BCUT2D eigenvalue weighted by molar-refractivity contribution is 0.0936. The van der Waals surface area contributed by atoms with Crippen molar-refractivity contribution in [1.29, 1.82) is 0 Å². The molecular formula is C19H31N3O3S. The number of rotatable bonds is 7. The molecule has 0 spiro atoms. The van der Waals surface area contributed by atoms with E-state index in [1.807, 2.05) is 6.92 Å². The first kappa shape index (κ1) is 20.9. The molecule has 1 aromatic carbocycles. The topological polar surface area (TPSA) is 69.7 Å². The molecule has 1 atom stereocenters. The van der Waals surface area contributed by atoms with Gasteiger partial charge in [0.25, 0.3) is 5.91 Å². The Hall–Kier alpha value is -1.44. The Balaban J connectivity index is 2.20. The minimum Gasteiger partial charge on any atom is -0.350 e. The second-order valence-electron chi connectivity index (χ2n) is 7.22. The number of sulfonamides is 1. The summed E-state index contributed by atoms with van der Waals surface area (Å²) in [7, 11) is -0.592. The number of amides is 1. The summed E-state index contributed by atoms with van der Waals surface area (Å²) in [5, 5.41) is 2.99. The van der Waals surface area contributed by atoms with Crippen LogP contribution in [0.1, 0.15) is 47.7 Å². The smallest absolute Gasteiger partial charge is 0.251 e. The van der Waals surface area contributed by atoms with E-state index in [9.17, 15) is 13.2 Å². The number of likely N-dealkylation sites (tertiary alicyclic amines) is 1. The molecule has 1 fully saturated rings. The Morgan fingerprint density at radius 3 is 2.38 bits per heavy atom. The fourth-order valence-corrected chi connectivity index (χ4v) is 4.59. The second-order valence-corrected chi connectivity index (χ2v) is 9.34. The normalized spacial score (nSPS) is 16.8. The quantitative estimate of drug-likeness (QED) is 0.786. The highest BCUT2D eigenvalue weighted by Crippen LogP contribution is 2.23. The number of carbonyl (C=O) groups excluding carboxylic acids is 1. The largest absolute Gasteiger partial charge is 0.350 e. The molecule has 0 bridgehead atoms. The van der Waals surface area contributed by atoms with Crippen LogP contribution in [0, 0.1) is 13.8 Å². The van der Waals surface area contributed by atoms with E-state index in [0.29, 0.717) is 23.7 Å². The zero-order valence-corrected chi connectivity index (χ0v) is 17.3. The van der Waals surface area contributed by atoms with Gasteiger partial charge in [0.1, 0.15) is 0 Å². The Morgan fingerprint density at radius 2 is 1.85 bits per heavy atom. The molecule has 1 unspecified atom stereocenters. The lowest BCUT2D eigenvalue weighted by Gasteiger charge is -2.26. The fraction of sp³-hybridized carbons (Fsp3) is 0.632. The third-order valence-electron chi connectivity index (χ3n) is 5.27. The summed E-state index contributed by atoms with van der Waals surface area (Å²) in [6.45, 7) is 8.49. The van der Waals surface area contributed by atoms with Crippen molar-refractivity contribution in [2.45, 2.75) is 51.0 Å². The number of hydrogen-bond donors (Lipinski definition) is 1. The van der Waals surface area contributed by atoms with Gasteiger partial charge in [0.15, 0.2) is 0 Å². The number of aryl methyl sites for hydroxylation is 1. The first-order valence-electron chi connectivity index (χ1n) is 9.24. The van der Waals surface area contributed by atoms with Crippen LogP contribution in [0.5, 0.6) is 0 Å². The van der Waals surface area contributed by atoms with Gasteiger partial charge in [-0.15, -0.1) is 0 Å². The summed E-state index contributed by atoms with van der Waals surface area (Å²) >= 11 is 0. The van der Waals surface area contributed by atoms with Gasteiger partial charge in [-0.25, -0.2) is 12.7 Å². The van der Waals surface area contributed by atoms with E-state index in [-0.39, 0.29) is 10.8 Å². The van der Waals surface area contributed by atoms with Gasteiger partial charge in [0.05, 0.1) is 4.90 Å². The molecule has 1 aromatic rings. The number of carbonyl (C=O) groups is 1. The number of nitrogens with zero attached hydrogens (tertiary/aromatic N) is 2. The summed E-state index contributed by atoms with van der Waals surface area (Å²) < 4.78 is 26.3. The highest BCUT2D eigenvalue weighted by Gasteiger charge is 2.24. The molecule has 0 aromatic heterocycles. The van der Waals surface area contributed by atoms with Gasteiger partial charge < -0.3 is 5.32 Å². The Bertz CT molecular complexity index is 754. The molecule has 7 heteroatoms. The standard InChI is InChI=1S/C19H31N3O3S/c1-6-17(22-9-7-8-10-22)13-20-19(23)16-11-14(2)15(3)18(12-16)26(24,25)21(4)5/h11-12,17H,6-10,13H2,1-5H3,(H,20,23). The number of nitrogens with one attached hydrogen (secondary N) is 1. The maximum absolute atomic E-state index is 12.7. The van der Waals surface area contributed by atoms with Gasteiger partial charge in [-0.2, -0.15) is 0 Å². The molecule has 2 rings (SSSR count). The van der Waals surface area contributed by atoms with E-state index in [1.54, 1.807) is 13.0 Å². The zero-order valence-electron chi connectivity index (χ0n) is 16.5. The minimum absolute atomic E-state index is 0.194. The van der Waals surface area contributed by atoms with Crippen molar-refractivity contribution >= 4 is 15.9 Å². The van der Waals surface area contributed by atoms with Gasteiger partial charge in [-0.1, -0.05) is 6.92 Å². The molecule has 1 aliphatic rings. The summed E-state index contributed by atoms with van der Waals surface area (Å²) in [6.07, 6.45) is 3.41. The van der Waals surface area contributed by atoms with Crippen LogP contribution >= 0.6 is 0 Å². The second kappa shape index (κ2) is 8.50. The van der Waals surface area contributed by atoms with E-state index >= 15 is 0 Å². The van der Waals surface area contributed by atoms with E-state index in [4.69, 9.17) is 0 Å². The van der Waals surface area contributed by atoms with Crippen molar-refractivity contribution in [3.8, 4) is 0 Å². The molecule has 0 saturated carbocycles. The van der Waals surface area contributed by atoms with Crippen molar-refractivity contribution in [3.05, 3.63) is 28.8 Å².